The van der Waals surface area contributed by atoms with Gasteiger partial charge in [0.25, 0.3) is 0 Å². The Morgan fingerprint density at radius 1 is 1.00 bits per heavy atom. The van der Waals surface area contributed by atoms with E-state index >= 15 is 0 Å². The number of rotatable bonds is 9. The molecule has 1 aromatic heterocycles. The molecule has 0 saturated heterocycles. The SMILES string of the molecule is CCCNc1nc(NCCCCCO)c2ccccc2n1. The van der Waals surface area contributed by atoms with Gasteiger partial charge in [0.05, 0.1) is 5.52 Å². The van der Waals surface area contributed by atoms with Crippen LogP contribution in [0.3, 0.4) is 0 Å². The number of fused-ring (bicyclic) bond motifs is 1. The largest absolute Gasteiger partial charge is 0.396 e. The lowest BCUT2D eigenvalue weighted by Crippen LogP contribution is -2.09. The van der Waals surface area contributed by atoms with Crippen molar-refractivity contribution >= 4 is 22.7 Å². The van der Waals surface area contributed by atoms with Crippen molar-refractivity contribution in [3.8, 4) is 0 Å². The van der Waals surface area contributed by atoms with Gasteiger partial charge in [-0.15, -0.1) is 0 Å². The highest BCUT2D eigenvalue weighted by molar-refractivity contribution is 5.89. The zero-order valence-electron chi connectivity index (χ0n) is 12.6. The van der Waals surface area contributed by atoms with E-state index in [0.717, 1.165) is 55.5 Å². The summed E-state index contributed by atoms with van der Waals surface area (Å²) in [6.45, 7) is 4.11. The molecule has 1 aromatic carbocycles. The summed E-state index contributed by atoms with van der Waals surface area (Å²) in [5, 5.41) is 16.5. The van der Waals surface area contributed by atoms with Crippen LogP contribution in [0.2, 0.25) is 0 Å². The molecule has 5 nitrogen and oxygen atoms in total. The van der Waals surface area contributed by atoms with E-state index in [2.05, 4.69) is 27.5 Å². The molecular formula is C16H24N4O. The number of anilines is 2. The van der Waals surface area contributed by atoms with E-state index in [-0.39, 0.29) is 6.61 Å². The molecule has 1 heterocycles. The fourth-order valence-electron chi connectivity index (χ4n) is 2.15. The first-order valence-corrected chi connectivity index (χ1v) is 7.70. The highest BCUT2D eigenvalue weighted by Gasteiger charge is 2.06. The van der Waals surface area contributed by atoms with E-state index < -0.39 is 0 Å². The molecule has 2 aromatic rings. The van der Waals surface area contributed by atoms with Crippen LogP contribution in [-0.2, 0) is 0 Å². The van der Waals surface area contributed by atoms with Gasteiger partial charge in [0.1, 0.15) is 5.82 Å². The molecule has 0 aliphatic rings. The number of unbranched alkanes of at least 4 members (excludes halogenated alkanes) is 2. The highest BCUT2D eigenvalue weighted by atomic mass is 16.2. The van der Waals surface area contributed by atoms with E-state index in [4.69, 9.17) is 5.11 Å². The van der Waals surface area contributed by atoms with Crippen LogP contribution in [-0.4, -0.2) is 34.8 Å². The maximum atomic E-state index is 8.79. The van der Waals surface area contributed by atoms with Gasteiger partial charge in [-0.3, -0.25) is 0 Å². The van der Waals surface area contributed by atoms with Crippen LogP contribution in [0, 0.1) is 0 Å². The number of para-hydroxylation sites is 1. The zero-order valence-corrected chi connectivity index (χ0v) is 12.6. The maximum Gasteiger partial charge on any atom is 0.225 e. The second-order valence-electron chi connectivity index (χ2n) is 5.05. The van der Waals surface area contributed by atoms with Gasteiger partial charge < -0.3 is 15.7 Å². The topological polar surface area (TPSA) is 70.1 Å². The zero-order chi connectivity index (χ0) is 14.9. The minimum atomic E-state index is 0.265. The van der Waals surface area contributed by atoms with E-state index in [1.165, 1.54) is 0 Å². The summed E-state index contributed by atoms with van der Waals surface area (Å²) in [6, 6.07) is 8.03. The van der Waals surface area contributed by atoms with Crippen LogP contribution >= 0.6 is 0 Å². The second-order valence-corrected chi connectivity index (χ2v) is 5.05. The van der Waals surface area contributed by atoms with Gasteiger partial charge in [0.2, 0.25) is 5.95 Å². The van der Waals surface area contributed by atoms with Crippen molar-refractivity contribution in [2.24, 2.45) is 0 Å². The smallest absolute Gasteiger partial charge is 0.225 e. The third-order valence-corrected chi connectivity index (χ3v) is 3.26. The Hall–Kier alpha value is -1.88. The summed E-state index contributed by atoms with van der Waals surface area (Å²) < 4.78 is 0. The Kier molecular flexibility index (Phi) is 6.22. The molecule has 0 bridgehead atoms. The third-order valence-electron chi connectivity index (χ3n) is 3.26. The van der Waals surface area contributed by atoms with Crippen LogP contribution in [0.4, 0.5) is 11.8 Å². The first-order valence-electron chi connectivity index (χ1n) is 7.70. The average molecular weight is 288 g/mol. The molecule has 0 fully saturated rings. The Morgan fingerprint density at radius 2 is 1.86 bits per heavy atom. The molecule has 0 unspecified atom stereocenters. The minimum absolute atomic E-state index is 0.265. The van der Waals surface area contributed by atoms with Crippen molar-refractivity contribution in [2.75, 3.05) is 30.3 Å². The van der Waals surface area contributed by atoms with E-state index in [1.54, 1.807) is 0 Å². The highest BCUT2D eigenvalue weighted by Crippen LogP contribution is 2.21. The van der Waals surface area contributed by atoms with Crippen molar-refractivity contribution in [2.45, 2.75) is 32.6 Å². The van der Waals surface area contributed by atoms with Crippen LogP contribution in [0.25, 0.3) is 10.9 Å². The lowest BCUT2D eigenvalue weighted by atomic mass is 10.2. The number of nitrogens with zero attached hydrogens (tertiary/aromatic N) is 2. The summed E-state index contributed by atoms with van der Waals surface area (Å²) in [5.74, 6) is 1.55. The molecule has 0 spiro atoms. The second kappa shape index (κ2) is 8.42. The lowest BCUT2D eigenvalue weighted by molar-refractivity contribution is 0.283. The molecule has 114 valence electrons. The molecule has 0 aliphatic heterocycles. The van der Waals surface area contributed by atoms with Gasteiger partial charge in [0, 0.05) is 25.1 Å². The molecule has 21 heavy (non-hydrogen) atoms. The summed E-state index contributed by atoms with van der Waals surface area (Å²) in [5.41, 5.74) is 0.948. The quantitative estimate of drug-likeness (QED) is 0.619. The summed E-state index contributed by atoms with van der Waals surface area (Å²) in [4.78, 5) is 9.11. The number of aromatic nitrogens is 2. The molecule has 5 heteroatoms. The van der Waals surface area contributed by atoms with Crippen molar-refractivity contribution in [1.29, 1.82) is 0 Å². The van der Waals surface area contributed by atoms with Crippen molar-refractivity contribution in [1.82, 2.24) is 9.97 Å². The van der Waals surface area contributed by atoms with Gasteiger partial charge in [-0.2, -0.15) is 4.98 Å². The normalized spacial score (nSPS) is 10.8. The molecular weight excluding hydrogens is 264 g/mol. The third kappa shape index (κ3) is 4.56. The molecule has 0 radical (unpaired) electrons. The maximum absolute atomic E-state index is 8.79. The molecule has 2 rings (SSSR count). The molecule has 0 atom stereocenters. The fraction of sp³-hybridized carbons (Fsp3) is 0.500. The van der Waals surface area contributed by atoms with Crippen molar-refractivity contribution < 1.29 is 5.11 Å². The Labute approximate surface area is 125 Å². The lowest BCUT2D eigenvalue weighted by Gasteiger charge is -2.11. The minimum Gasteiger partial charge on any atom is -0.396 e. The standard InChI is InChI=1S/C16H24N4O/c1-2-10-18-16-19-14-9-5-4-8-13(14)15(20-16)17-11-6-3-7-12-21/h4-5,8-9,21H,2-3,6-7,10-12H2,1H3,(H2,17,18,19,20). The summed E-state index contributed by atoms with van der Waals surface area (Å²) >= 11 is 0. The number of aliphatic hydroxyl groups excluding tert-OH is 1. The van der Waals surface area contributed by atoms with Crippen molar-refractivity contribution in [3.05, 3.63) is 24.3 Å². The predicted molar refractivity (Wildman–Crippen MR) is 87.7 cm³/mol. The number of aliphatic hydroxyl groups is 1. The first-order chi connectivity index (χ1) is 10.3. The first kappa shape index (κ1) is 15.5. The molecule has 0 saturated carbocycles. The molecule has 3 N–H and O–H groups in total. The van der Waals surface area contributed by atoms with Gasteiger partial charge >= 0.3 is 0 Å². The van der Waals surface area contributed by atoms with Crippen LogP contribution < -0.4 is 10.6 Å². The van der Waals surface area contributed by atoms with Gasteiger partial charge in [-0.1, -0.05) is 19.1 Å². The predicted octanol–water partition coefficient (Wildman–Crippen LogP) is 3.03. The van der Waals surface area contributed by atoms with Crippen LogP contribution in [0.1, 0.15) is 32.6 Å². The van der Waals surface area contributed by atoms with Crippen LogP contribution in [0.5, 0.6) is 0 Å². The number of benzene rings is 1. The summed E-state index contributed by atoms with van der Waals surface area (Å²) in [7, 11) is 0. The van der Waals surface area contributed by atoms with Gasteiger partial charge in [-0.25, -0.2) is 4.98 Å². The number of hydrogen-bond donors (Lipinski definition) is 3. The van der Waals surface area contributed by atoms with Gasteiger partial charge in [0.15, 0.2) is 0 Å². The monoisotopic (exact) mass is 288 g/mol. The average Bonchev–Trinajstić information content (AvgIpc) is 2.52. The molecule has 0 amide bonds. The number of nitrogens with one attached hydrogen (secondary N) is 2. The van der Waals surface area contributed by atoms with Crippen molar-refractivity contribution in [3.63, 3.8) is 0 Å². The fourth-order valence-corrected chi connectivity index (χ4v) is 2.15. The van der Waals surface area contributed by atoms with Crippen LogP contribution in [0.15, 0.2) is 24.3 Å². The van der Waals surface area contributed by atoms with E-state index in [0.29, 0.717) is 5.95 Å². The van der Waals surface area contributed by atoms with Gasteiger partial charge in [-0.05, 0) is 37.8 Å². The Balaban J connectivity index is 2.11. The summed E-state index contributed by atoms with van der Waals surface area (Å²) in [6.07, 6.45) is 3.94. The molecule has 0 aliphatic carbocycles. The Morgan fingerprint density at radius 3 is 2.67 bits per heavy atom. The number of hydrogen-bond acceptors (Lipinski definition) is 5. The Bertz CT molecular complexity index is 559. The van der Waals surface area contributed by atoms with E-state index in [9.17, 15) is 0 Å². The van der Waals surface area contributed by atoms with E-state index in [1.807, 2.05) is 24.3 Å².